The minimum atomic E-state index is -0.306. The number of primary amides is 1. The van der Waals surface area contributed by atoms with E-state index in [0.717, 1.165) is 11.1 Å². The molecule has 4 nitrogen and oxygen atoms in total. The quantitative estimate of drug-likeness (QED) is 0.764. The summed E-state index contributed by atoms with van der Waals surface area (Å²) >= 11 is 0. The molecule has 0 aromatic heterocycles. The number of nitrogens with two attached hydrogens (primary N) is 2. The molecule has 0 unspecified atom stereocenters. The molecule has 4 N–H and O–H groups in total. The average molecular weight is 259 g/mol. The topological polar surface area (TPSA) is 72.3 Å². The highest BCUT2D eigenvalue weighted by Crippen LogP contribution is 2.09. The van der Waals surface area contributed by atoms with E-state index in [1.54, 1.807) is 0 Å². The summed E-state index contributed by atoms with van der Waals surface area (Å²) in [6, 6.07) is 8.21. The van der Waals surface area contributed by atoms with Crippen molar-refractivity contribution in [3.63, 3.8) is 0 Å². The maximum atomic E-state index is 11.0. The number of carbonyl (C=O) groups is 1. The van der Waals surface area contributed by atoms with Gasteiger partial charge < -0.3 is 11.5 Å². The van der Waals surface area contributed by atoms with Gasteiger partial charge in [0.05, 0.1) is 13.1 Å². The SMILES string of the molecule is CC(C)N(CC(N)=O)Cc1ccc(C#CCN)cc1. The van der Waals surface area contributed by atoms with Gasteiger partial charge in [0.1, 0.15) is 0 Å². The average Bonchev–Trinajstić information content (AvgIpc) is 2.36. The summed E-state index contributed by atoms with van der Waals surface area (Å²) in [5, 5.41) is 0. The molecule has 102 valence electrons. The van der Waals surface area contributed by atoms with Gasteiger partial charge in [0.15, 0.2) is 0 Å². The molecular weight excluding hydrogens is 238 g/mol. The third-order valence-corrected chi connectivity index (χ3v) is 2.76. The van der Waals surface area contributed by atoms with Gasteiger partial charge >= 0.3 is 0 Å². The van der Waals surface area contributed by atoms with Crippen LogP contribution in [0.4, 0.5) is 0 Å². The first-order valence-electron chi connectivity index (χ1n) is 6.33. The van der Waals surface area contributed by atoms with Crippen LogP contribution in [-0.2, 0) is 11.3 Å². The molecule has 0 saturated heterocycles. The zero-order valence-electron chi connectivity index (χ0n) is 11.5. The highest BCUT2D eigenvalue weighted by atomic mass is 16.1. The van der Waals surface area contributed by atoms with Crippen LogP contribution < -0.4 is 11.5 Å². The van der Waals surface area contributed by atoms with Gasteiger partial charge in [0.2, 0.25) is 5.91 Å². The van der Waals surface area contributed by atoms with Crippen molar-refractivity contribution in [2.24, 2.45) is 11.5 Å². The van der Waals surface area contributed by atoms with Crippen molar-refractivity contribution in [2.45, 2.75) is 26.4 Å². The lowest BCUT2D eigenvalue weighted by molar-refractivity contribution is -0.119. The lowest BCUT2D eigenvalue weighted by atomic mass is 10.1. The lowest BCUT2D eigenvalue weighted by Crippen LogP contribution is -2.37. The summed E-state index contributed by atoms with van der Waals surface area (Å²) in [7, 11) is 0. The molecule has 0 bridgehead atoms. The Labute approximate surface area is 114 Å². The molecule has 0 saturated carbocycles. The molecular formula is C15H21N3O. The standard InChI is InChI=1S/C15H21N3O/c1-12(2)18(11-15(17)19)10-14-7-5-13(6-8-14)4-3-9-16/h5-8,12H,9-11,16H2,1-2H3,(H2,17,19). The van der Waals surface area contributed by atoms with E-state index in [-0.39, 0.29) is 18.5 Å². The van der Waals surface area contributed by atoms with Gasteiger partial charge in [-0.15, -0.1) is 0 Å². The second kappa shape index (κ2) is 7.57. The fraction of sp³-hybridized carbons (Fsp3) is 0.400. The van der Waals surface area contributed by atoms with Crippen molar-refractivity contribution in [1.82, 2.24) is 4.90 Å². The van der Waals surface area contributed by atoms with Gasteiger partial charge in [-0.25, -0.2) is 0 Å². The molecule has 1 aromatic rings. The summed E-state index contributed by atoms with van der Waals surface area (Å²) in [6.07, 6.45) is 0. The Hall–Kier alpha value is -1.83. The van der Waals surface area contributed by atoms with Crippen LogP contribution in [0.5, 0.6) is 0 Å². The monoisotopic (exact) mass is 259 g/mol. The number of hydrogen-bond donors (Lipinski definition) is 2. The summed E-state index contributed by atoms with van der Waals surface area (Å²) in [6.45, 7) is 5.42. The van der Waals surface area contributed by atoms with Crippen LogP contribution in [0.2, 0.25) is 0 Å². The predicted molar refractivity (Wildman–Crippen MR) is 77.1 cm³/mol. The Morgan fingerprint density at radius 3 is 2.42 bits per heavy atom. The maximum absolute atomic E-state index is 11.0. The molecule has 1 aromatic carbocycles. The van der Waals surface area contributed by atoms with E-state index in [9.17, 15) is 4.79 Å². The molecule has 1 rings (SSSR count). The van der Waals surface area contributed by atoms with Crippen LogP contribution in [0.1, 0.15) is 25.0 Å². The third-order valence-electron chi connectivity index (χ3n) is 2.76. The molecule has 19 heavy (non-hydrogen) atoms. The van der Waals surface area contributed by atoms with E-state index < -0.39 is 0 Å². The third kappa shape index (κ3) is 5.56. The van der Waals surface area contributed by atoms with Crippen molar-refractivity contribution in [2.75, 3.05) is 13.1 Å². The molecule has 1 amide bonds. The Balaban J connectivity index is 2.72. The van der Waals surface area contributed by atoms with Crippen molar-refractivity contribution in [3.05, 3.63) is 35.4 Å². The normalized spacial score (nSPS) is 10.4. The Kier molecular flexibility index (Phi) is 6.07. The van der Waals surface area contributed by atoms with Crippen molar-refractivity contribution in [1.29, 1.82) is 0 Å². The number of benzene rings is 1. The summed E-state index contributed by atoms with van der Waals surface area (Å²) in [4.78, 5) is 13.1. The minimum absolute atomic E-state index is 0.268. The van der Waals surface area contributed by atoms with Crippen LogP contribution in [-0.4, -0.2) is 29.9 Å². The molecule has 0 aliphatic heterocycles. The molecule has 0 radical (unpaired) electrons. The van der Waals surface area contributed by atoms with Crippen LogP contribution >= 0.6 is 0 Å². The van der Waals surface area contributed by atoms with Gasteiger partial charge in [-0.05, 0) is 31.5 Å². The van der Waals surface area contributed by atoms with E-state index in [0.29, 0.717) is 13.1 Å². The fourth-order valence-corrected chi connectivity index (χ4v) is 1.70. The van der Waals surface area contributed by atoms with Gasteiger partial charge in [-0.3, -0.25) is 9.69 Å². The molecule has 4 heteroatoms. The van der Waals surface area contributed by atoms with Gasteiger partial charge in [-0.2, -0.15) is 0 Å². The highest BCUT2D eigenvalue weighted by molar-refractivity contribution is 5.75. The molecule has 0 aliphatic rings. The second-order valence-corrected chi connectivity index (χ2v) is 4.67. The Bertz CT molecular complexity index is 468. The highest BCUT2D eigenvalue weighted by Gasteiger charge is 2.12. The van der Waals surface area contributed by atoms with Gasteiger partial charge in [0.25, 0.3) is 0 Å². The van der Waals surface area contributed by atoms with E-state index in [4.69, 9.17) is 11.5 Å². The molecule has 0 heterocycles. The predicted octanol–water partition coefficient (Wildman–Crippen LogP) is 0.693. The summed E-state index contributed by atoms with van der Waals surface area (Å²) in [5.41, 5.74) is 12.7. The molecule has 0 aliphatic carbocycles. The number of carbonyl (C=O) groups excluding carboxylic acids is 1. The molecule has 0 fully saturated rings. The number of nitrogens with zero attached hydrogens (tertiary/aromatic N) is 1. The summed E-state index contributed by atoms with van der Waals surface area (Å²) in [5.74, 6) is 5.49. The largest absolute Gasteiger partial charge is 0.369 e. The first kappa shape index (κ1) is 15.2. The van der Waals surface area contributed by atoms with Gasteiger partial charge in [-0.1, -0.05) is 24.0 Å². The first-order chi connectivity index (χ1) is 9.02. The van der Waals surface area contributed by atoms with E-state index in [1.165, 1.54) is 0 Å². The van der Waals surface area contributed by atoms with Crippen LogP contribution in [0.3, 0.4) is 0 Å². The zero-order valence-corrected chi connectivity index (χ0v) is 11.5. The van der Waals surface area contributed by atoms with Crippen LogP contribution in [0, 0.1) is 11.8 Å². The van der Waals surface area contributed by atoms with Crippen molar-refractivity contribution in [3.8, 4) is 11.8 Å². The van der Waals surface area contributed by atoms with E-state index in [2.05, 4.69) is 11.8 Å². The number of rotatable bonds is 5. The molecule has 0 atom stereocenters. The zero-order chi connectivity index (χ0) is 14.3. The minimum Gasteiger partial charge on any atom is -0.369 e. The first-order valence-corrected chi connectivity index (χ1v) is 6.33. The summed E-state index contributed by atoms with van der Waals surface area (Å²) < 4.78 is 0. The number of amides is 1. The van der Waals surface area contributed by atoms with E-state index in [1.807, 2.05) is 43.0 Å². The Morgan fingerprint density at radius 1 is 1.32 bits per heavy atom. The van der Waals surface area contributed by atoms with Crippen LogP contribution in [0.25, 0.3) is 0 Å². The van der Waals surface area contributed by atoms with Crippen LogP contribution in [0.15, 0.2) is 24.3 Å². The second-order valence-electron chi connectivity index (χ2n) is 4.67. The van der Waals surface area contributed by atoms with Crippen molar-refractivity contribution >= 4 is 5.91 Å². The number of hydrogen-bond acceptors (Lipinski definition) is 3. The fourth-order valence-electron chi connectivity index (χ4n) is 1.70. The Morgan fingerprint density at radius 2 is 1.95 bits per heavy atom. The maximum Gasteiger partial charge on any atom is 0.231 e. The molecule has 0 spiro atoms. The van der Waals surface area contributed by atoms with E-state index >= 15 is 0 Å². The smallest absolute Gasteiger partial charge is 0.231 e. The van der Waals surface area contributed by atoms with Crippen molar-refractivity contribution < 1.29 is 4.79 Å². The lowest BCUT2D eigenvalue weighted by Gasteiger charge is -2.24. The van der Waals surface area contributed by atoms with Gasteiger partial charge in [0, 0.05) is 18.2 Å².